The van der Waals surface area contributed by atoms with Gasteiger partial charge < -0.3 is 21.3 Å². The number of aliphatic hydroxyl groups excluding tert-OH is 1. The van der Waals surface area contributed by atoms with E-state index in [0.717, 1.165) is 0 Å². The molecule has 3 rings (SSSR count). The summed E-state index contributed by atoms with van der Waals surface area (Å²) in [5.74, 6) is 0.326. The molecule has 0 radical (unpaired) electrons. The fourth-order valence-corrected chi connectivity index (χ4v) is 4.80. The van der Waals surface area contributed by atoms with Crippen LogP contribution in [0.2, 0.25) is 0 Å². The van der Waals surface area contributed by atoms with Crippen molar-refractivity contribution in [1.29, 1.82) is 0 Å². The quantitative estimate of drug-likeness (QED) is 0.446. The second-order valence-electron chi connectivity index (χ2n) is 6.03. The summed E-state index contributed by atoms with van der Waals surface area (Å²) in [4.78, 5) is 7.93. The molecule has 10 heteroatoms. The number of benzene rings is 1. The first kappa shape index (κ1) is 18.4. The second-order valence-corrected chi connectivity index (χ2v) is 7.92. The predicted molar refractivity (Wildman–Crippen MR) is 98.6 cm³/mol. The smallest absolute Gasteiger partial charge is 0.243 e. The number of fused-ring (bicyclic) bond motifs is 1. The normalized spacial score (nSPS) is 19.2. The van der Waals surface area contributed by atoms with Crippen LogP contribution in [-0.4, -0.2) is 60.1 Å². The van der Waals surface area contributed by atoms with Gasteiger partial charge >= 0.3 is 0 Å². The Hall–Kier alpha value is -2.43. The Morgan fingerprint density at radius 1 is 1.46 bits per heavy atom. The Morgan fingerprint density at radius 3 is 2.92 bits per heavy atom. The lowest BCUT2D eigenvalue weighted by Crippen LogP contribution is -2.37. The van der Waals surface area contributed by atoms with Gasteiger partial charge in [-0.3, -0.25) is 4.99 Å². The summed E-state index contributed by atoms with van der Waals surface area (Å²) in [5, 5.41) is 23.1. The standard InChI is InChI=1S/C16H21N5O4S/c1-18-16(17)20-15-13-7-11(4-5-12(13)14(23)8-19-15)26(24,25)21-6-2-3-10(21)9-22/h4-5,7-8,10,22-23H,2-3,6,9H2,1H3,(H3,17,18,19,20). The molecule has 1 saturated heterocycles. The van der Waals surface area contributed by atoms with Gasteiger partial charge in [0.15, 0.2) is 5.96 Å². The van der Waals surface area contributed by atoms with Crippen molar-refractivity contribution in [3.63, 3.8) is 0 Å². The van der Waals surface area contributed by atoms with Crippen LogP contribution in [0.5, 0.6) is 5.75 Å². The van der Waals surface area contributed by atoms with E-state index in [2.05, 4.69) is 15.3 Å². The molecule has 2 aromatic rings. The lowest BCUT2D eigenvalue weighted by molar-refractivity contribution is 0.213. The Kier molecular flexibility index (Phi) is 4.99. The zero-order chi connectivity index (χ0) is 18.9. The summed E-state index contributed by atoms with van der Waals surface area (Å²) in [6.07, 6.45) is 2.59. The number of sulfonamides is 1. The molecule has 0 spiro atoms. The molecule has 1 aromatic heterocycles. The minimum Gasteiger partial charge on any atom is -0.506 e. The number of aromatic nitrogens is 1. The van der Waals surface area contributed by atoms with Crippen molar-refractivity contribution >= 4 is 32.6 Å². The lowest BCUT2D eigenvalue weighted by Gasteiger charge is -2.22. The van der Waals surface area contributed by atoms with Crippen LogP contribution in [0.25, 0.3) is 10.8 Å². The van der Waals surface area contributed by atoms with Gasteiger partial charge in [0.05, 0.1) is 17.7 Å². The maximum Gasteiger partial charge on any atom is 0.243 e. The Bertz CT molecular complexity index is 961. The molecule has 0 saturated carbocycles. The number of anilines is 1. The Labute approximate surface area is 151 Å². The van der Waals surface area contributed by atoms with E-state index in [1.807, 2.05) is 0 Å². The third-order valence-corrected chi connectivity index (χ3v) is 6.41. The minimum absolute atomic E-state index is 0.0628. The molecule has 0 amide bonds. The van der Waals surface area contributed by atoms with Crippen molar-refractivity contribution in [2.24, 2.45) is 10.7 Å². The van der Waals surface area contributed by atoms with Gasteiger partial charge in [-0.05, 0) is 31.0 Å². The summed E-state index contributed by atoms with van der Waals surface area (Å²) in [7, 11) is -2.28. The molecule has 1 aromatic carbocycles. The SMILES string of the molecule is CN=C(N)Nc1ncc(O)c2ccc(S(=O)(=O)N3CCCC3CO)cc12. The van der Waals surface area contributed by atoms with Crippen molar-refractivity contribution in [1.82, 2.24) is 9.29 Å². The lowest BCUT2D eigenvalue weighted by atomic mass is 10.1. The van der Waals surface area contributed by atoms with Gasteiger partial charge in [0, 0.05) is 30.4 Å². The summed E-state index contributed by atoms with van der Waals surface area (Å²) < 4.78 is 27.3. The van der Waals surface area contributed by atoms with Crippen molar-refractivity contribution in [3.05, 3.63) is 24.4 Å². The fourth-order valence-electron chi connectivity index (χ4n) is 3.09. The highest BCUT2D eigenvalue weighted by molar-refractivity contribution is 7.89. The third kappa shape index (κ3) is 3.18. The van der Waals surface area contributed by atoms with E-state index in [0.29, 0.717) is 30.2 Å². The molecular weight excluding hydrogens is 358 g/mol. The third-order valence-electron chi connectivity index (χ3n) is 4.47. The minimum atomic E-state index is -3.78. The first-order valence-corrected chi connectivity index (χ1v) is 9.56. The molecule has 0 bridgehead atoms. The number of hydrogen-bond acceptors (Lipinski definition) is 6. The summed E-state index contributed by atoms with van der Waals surface area (Å²) in [6, 6.07) is 3.98. The number of guanidine groups is 1. The maximum absolute atomic E-state index is 13.0. The fraction of sp³-hybridized carbons (Fsp3) is 0.375. The molecule has 0 aliphatic carbocycles. The van der Waals surface area contributed by atoms with E-state index in [-0.39, 0.29) is 29.0 Å². The number of nitrogens with two attached hydrogens (primary N) is 1. The van der Waals surface area contributed by atoms with Gasteiger partial charge in [-0.15, -0.1) is 0 Å². The van der Waals surface area contributed by atoms with Crippen LogP contribution in [0.15, 0.2) is 34.3 Å². The summed E-state index contributed by atoms with van der Waals surface area (Å²) >= 11 is 0. The molecule has 2 heterocycles. The highest BCUT2D eigenvalue weighted by Crippen LogP contribution is 2.33. The van der Waals surface area contributed by atoms with Crippen LogP contribution in [-0.2, 0) is 10.0 Å². The van der Waals surface area contributed by atoms with E-state index in [1.165, 1.54) is 35.7 Å². The number of hydrogen-bond donors (Lipinski definition) is 4. The van der Waals surface area contributed by atoms with Crippen LogP contribution in [0.3, 0.4) is 0 Å². The van der Waals surface area contributed by atoms with Crippen LogP contribution in [0.1, 0.15) is 12.8 Å². The zero-order valence-corrected chi connectivity index (χ0v) is 15.1. The van der Waals surface area contributed by atoms with E-state index >= 15 is 0 Å². The molecular formula is C16H21N5O4S. The van der Waals surface area contributed by atoms with E-state index < -0.39 is 16.1 Å². The molecule has 26 heavy (non-hydrogen) atoms. The first-order valence-electron chi connectivity index (χ1n) is 8.12. The highest BCUT2D eigenvalue weighted by atomic mass is 32.2. The molecule has 1 unspecified atom stereocenters. The van der Waals surface area contributed by atoms with Crippen molar-refractivity contribution in [2.75, 3.05) is 25.5 Å². The summed E-state index contributed by atoms with van der Waals surface area (Å²) in [5.41, 5.74) is 5.68. The van der Waals surface area contributed by atoms with E-state index in [4.69, 9.17) is 5.73 Å². The number of aromatic hydroxyl groups is 1. The largest absolute Gasteiger partial charge is 0.506 e. The molecule has 5 N–H and O–H groups in total. The topological polar surface area (TPSA) is 141 Å². The van der Waals surface area contributed by atoms with Gasteiger partial charge in [-0.2, -0.15) is 4.31 Å². The molecule has 1 atom stereocenters. The molecule has 1 fully saturated rings. The summed E-state index contributed by atoms with van der Waals surface area (Å²) in [6.45, 7) is 0.149. The van der Waals surface area contributed by atoms with Gasteiger partial charge in [0.2, 0.25) is 10.0 Å². The van der Waals surface area contributed by atoms with Crippen LogP contribution < -0.4 is 11.1 Å². The number of nitrogens with zero attached hydrogens (tertiary/aromatic N) is 3. The van der Waals surface area contributed by atoms with Crippen molar-refractivity contribution < 1.29 is 18.6 Å². The van der Waals surface area contributed by atoms with E-state index in [9.17, 15) is 18.6 Å². The highest BCUT2D eigenvalue weighted by Gasteiger charge is 2.35. The van der Waals surface area contributed by atoms with Gasteiger partial charge in [-0.1, -0.05) is 0 Å². The van der Waals surface area contributed by atoms with E-state index in [1.54, 1.807) is 0 Å². The second kappa shape index (κ2) is 7.06. The van der Waals surface area contributed by atoms with Crippen LogP contribution >= 0.6 is 0 Å². The maximum atomic E-state index is 13.0. The van der Waals surface area contributed by atoms with Gasteiger partial charge in [-0.25, -0.2) is 13.4 Å². The number of pyridine rings is 1. The van der Waals surface area contributed by atoms with Crippen LogP contribution in [0.4, 0.5) is 5.82 Å². The molecule has 140 valence electrons. The number of nitrogens with one attached hydrogen (secondary N) is 1. The van der Waals surface area contributed by atoms with Gasteiger partial charge in [0.25, 0.3) is 0 Å². The molecule has 9 nitrogen and oxygen atoms in total. The number of rotatable bonds is 4. The first-order chi connectivity index (χ1) is 12.4. The van der Waals surface area contributed by atoms with Crippen LogP contribution in [0, 0.1) is 0 Å². The predicted octanol–water partition coefficient (Wildman–Crippen LogP) is 0.442. The Morgan fingerprint density at radius 2 is 2.23 bits per heavy atom. The zero-order valence-electron chi connectivity index (χ0n) is 14.3. The Balaban J connectivity index is 2.12. The average Bonchev–Trinajstić information content (AvgIpc) is 3.13. The molecule has 1 aliphatic rings. The average molecular weight is 379 g/mol. The van der Waals surface area contributed by atoms with Gasteiger partial charge in [0.1, 0.15) is 11.6 Å². The monoisotopic (exact) mass is 379 g/mol. The molecule has 1 aliphatic heterocycles. The van der Waals surface area contributed by atoms with Crippen molar-refractivity contribution in [3.8, 4) is 5.75 Å². The number of aliphatic hydroxyl groups is 1. The number of aliphatic imine (C=N–C) groups is 1. The van der Waals surface area contributed by atoms with Crippen molar-refractivity contribution in [2.45, 2.75) is 23.8 Å².